The predicted molar refractivity (Wildman–Crippen MR) is 115 cm³/mol. The number of hydrogen-bond acceptors (Lipinski definition) is 3. The Morgan fingerprint density at radius 1 is 1.08 bits per heavy atom. The second-order valence-corrected chi connectivity index (χ2v) is 7.62. The molecule has 2 fully saturated rings. The number of carbonyl (C=O) groups excluding carboxylic acids is 1. The van der Waals surface area contributed by atoms with Crippen molar-refractivity contribution in [1.29, 1.82) is 0 Å². The summed E-state index contributed by atoms with van der Waals surface area (Å²) in [5, 5.41) is 9.76. The maximum atomic E-state index is 12.1. The van der Waals surface area contributed by atoms with Gasteiger partial charge in [0.1, 0.15) is 0 Å². The highest BCUT2D eigenvalue weighted by atomic mass is 127. The fourth-order valence-corrected chi connectivity index (χ4v) is 3.11. The van der Waals surface area contributed by atoms with E-state index in [0.29, 0.717) is 19.1 Å². The highest BCUT2D eigenvalue weighted by Gasteiger charge is 2.32. The van der Waals surface area contributed by atoms with Gasteiger partial charge >= 0.3 is 0 Å². The molecule has 1 heterocycles. The molecular weight excluding hydrogens is 429 g/mol. The molecule has 0 aromatic heterocycles. The largest absolute Gasteiger partial charge is 0.357 e. The first-order valence-electron chi connectivity index (χ1n) is 9.53. The molecule has 146 valence electrons. The van der Waals surface area contributed by atoms with Crippen molar-refractivity contribution in [2.75, 3.05) is 32.7 Å². The van der Waals surface area contributed by atoms with E-state index in [2.05, 4.69) is 32.8 Å². The molecule has 25 heavy (non-hydrogen) atoms. The van der Waals surface area contributed by atoms with Crippen LogP contribution in [0.5, 0.6) is 0 Å². The van der Waals surface area contributed by atoms with Crippen LogP contribution in [0.25, 0.3) is 0 Å². The van der Waals surface area contributed by atoms with Crippen molar-refractivity contribution < 1.29 is 4.79 Å². The summed E-state index contributed by atoms with van der Waals surface area (Å²) in [7, 11) is 0. The van der Waals surface area contributed by atoms with E-state index in [4.69, 9.17) is 0 Å². The predicted octanol–water partition coefficient (Wildman–Crippen LogP) is 1.95. The number of hydrogen-bond donors (Lipinski definition) is 3. The van der Waals surface area contributed by atoms with E-state index in [1.807, 2.05) is 20.8 Å². The smallest absolute Gasteiger partial charge is 0.227 e. The van der Waals surface area contributed by atoms with E-state index in [1.165, 1.54) is 38.8 Å². The first-order chi connectivity index (χ1) is 11.5. The number of halogens is 1. The van der Waals surface area contributed by atoms with Crippen molar-refractivity contribution in [3.8, 4) is 0 Å². The summed E-state index contributed by atoms with van der Waals surface area (Å²) in [5.41, 5.74) is -0.492. The summed E-state index contributed by atoms with van der Waals surface area (Å²) in [4.78, 5) is 19.4. The summed E-state index contributed by atoms with van der Waals surface area (Å²) in [6.07, 6.45) is 5.11. The number of amides is 1. The Balaban J connectivity index is 0.00000312. The van der Waals surface area contributed by atoms with Crippen molar-refractivity contribution in [2.24, 2.45) is 10.4 Å². The summed E-state index contributed by atoms with van der Waals surface area (Å²) >= 11 is 0. The van der Waals surface area contributed by atoms with Crippen LogP contribution in [0.2, 0.25) is 0 Å². The van der Waals surface area contributed by atoms with Gasteiger partial charge in [0.15, 0.2) is 5.96 Å². The molecule has 1 amide bonds. The van der Waals surface area contributed by atoms with Crippen molar-refractivity contribution in [1.82, 2.24) is 20.9 Å². The van der Waals surface area contributed by atoms with Crippen LogP contribution >= 0.6 is 24.0 Å². The van der Waals surface area contributed by atoms with Gasteiger partial charge in [0.2, 0.25) is 5.91 Å². The highest BCUT2D eigenvalue weighted by molar-refractivity contribution is 14.0. The fourth-order valence-electron chi connectivity index (χ4n) is 3.11. The van der Waals surface area contributed by atoms with Gasteiger partial charge < -0.3 is 20.9 Å². The van der Waals surface area contributed by atoms with Crippen molar-refractivity contribution >= 4 is 35.8 Å². The van der Waals surface area contributed by atoms with Gasteiger partial charge in [0, 0.05) is 38.3 Å². The molecule has 1 aliphatic carbocycles. The minimum absolute atomic E-state index is 0. The molecule has 2 aliphatic rings. The molecule has 1 aliphatic heterocycles. The molecule has 0 aromatic rings. The van der Waals surface area contributed by atoms with E-state index < -0.39 is 5.41 Å². The Bertz CT molecular complexity index is 443. The summed E-state index contributed by atoms with van der Waals surface area (Å²) in [5.74, 6) is 0.891. The molecule has 6 nitrogen and oxygen atoms in total. The van der Waals surface area contributed by atoms with Crippen LogP contribution in [0.15, 0.2) is 4.99 Å². The molecule has 0 atom stereocenters. The molecule has 7 heteroatoms. The number of nitrogens with zero attached hydrogens (tertiary/aromatic N) is 2. The van der Waals surface area contributed by atoms with E-state index in [9.17, 15) is 4.79 Å². The van der Waals surface area contributed by atoms with Gasteiger partial charge in [-0.3, -0.25) is 9.79 Å². The number of carbonyl (C=O) groups is 1. The summed E-state index contributed by atoms with van der Waals surface area (Å²) in [6.45, 7) is 12.2. The third-order valence-corrected chi connectivity index (χ3v) is 4.86. The number of guanidine groups is 1. The maximum absolute atomic E-state index is 12.1. The normalized spacial score (nSPS) is 19.9. The number of nitrogens with one attached hydrogen (secondary N) is 3. The number of rotatable bonds is 7. The zero-order valence-electron chi connectivity index (χ0n) is 16.2. The monoisotopic (exact) mass is 465 g/mol. The van der Waals surface area contributed by atoms with Crippen LogP contribution in [0.4, 0.5) is 0 Å². The second-order valence-electron chi connectivity index (χ2n) is 7.62. The zero-order valence-corrected chi connectivity index (χ0v) is 18.6. The van der Waals surface area contributed by atoms with Gasteiger partial charge in [0.05, 0.1) is 12.0 Å². The maximum Gasteiger partial charge on any atom is 0.227 e. The van der Waals surface area contributed by atoms with Crippen molar-refractivity contribution in [3.63, 3.8) is 0 Å². The molecule has 1 saturated heterocycles. The molecule has 2 rings (SSSR count). The molecule has 0 unspecified atom stereocenters. The van der Waals surface area contributed by atoms with Gasteiger partial charge in [-0.05, 0) is 53.4 Å². The lowest BCUT2D eigenvalue weighted by molar-refractivity contribution is -0.128. The third kappa shape index (κ3) is 7.29. The SMILES string of the molecule is CCNC(=O)C(C)(C)CN=C(NCC)NC1CCN(C2CC2)CC1.I. The van der Waals surface area contributed by atoms with Gasteiger partial charge in [-0.2, -0.15) is 0 Å². The van der Waals surface area contributed by atoms with E-state index in [1.54, 1.807) is 0 Å². The van der Waals surface area contributed by atoms with Crippen molar-refractivity contribution in [3.05, 3.63) is 0 Å². The topological polar surface area (TPSA) is 68.8 Å². The molecule has 1 saturated carbocycles. The van der Waals surface area contributed by atoms with Crippen LogP contribution in [0, 0.1) is 5.41 Å². The quantitative estimate of drug-likeness (QED) is 0.306. The standard InChI is InChI=1S/C18H35N5O.HI/c1-5-19-16(24)18(3,4)13-21-17(20-6-2)22-14-9-11-23(12-10-14)15-7-8-15;/h14-15H,5-13H2,1-4H3,(H,19,24)(H2,20,21,22);1H. The van der Waals surface area contributed by atoms with E-state index in [0.717, 1.165) is 18.5 Å². The lowest BCUT2D eigenvalue weighted by atomic mass is 9.92. The molecule has 0 aromatic carbocycles. The Hall–Kier alpha value is -0.570. The van der Waals surface area contributed by atoms with Crippen LogP contribution < -0.4 is 16.0 Å². The van der Waals surface area contributed by atoms with Gasteiger partial charge in [-0.15, -0.1) is 24.0 Å². The Labute approximate surface area is 170 Å². The minimum atomic E-state index is -0.492. The van der Waals surface area contributed by atoms with Crippen LogP contribution in [0.3, 0.4) is 0 Å². The lowest BCUT2D eigenvalue weighted by Crippen LogP contribution is -2.49. The van der Waals surface area contributed by atoms with Crippen LogP contribution in [-0.2, 0) is 4.79 Å². The fraction of sp³-hybridized carbons (Fsp3) is 0.889. The van der Waals surface area contributed by atoms with E-state index in [-0.39, 0.29) is 29.9 Å². The molecule has 3 N–H and O–H groups in total. The van der Waals surface area contributed by atoms with Crippen LogP contribution in [0.1, 0.15) is 53.4 Å². The Morgan fingerprint density at radius 2 is 1.68 bits per heavy atom. The summed E-state index contributed by atoms with van der Waals surface area (Å²) in [6, 6.07) is 1.34. The lowest BCUT2D eigenvalue weighted by Gasteiger charge is -2.33. The second kappa shape index (κ2) is 10.5. The molecule has 0 radical (unpaired) electrons. The minimum Gasteiger partial charge on any atom is -0.357 e. The highest BCUT2D eigenvalue weighted by Crippen LogP contribution is 2.29. The van der Waals surface area contributed by atoms with Gasteiger partial charge in [-0.1, -0.05) is 0 Å². The molecule has 0 bridgehead atoms. The number of aliphatic imine (C=N–C) groups is 1. The molecular formula is C18H36IN5O. The van der Waals surface area contributed by atoms with Gasteiger partial charge in [0.25, 0.3) is 0 Å². The zero-order chi connectivity index (χ0) is 17.6. The number of likely N-dealkylation sites (tertiary alicyclic amines) is 1. The first kappa shape index (κ1) is 22.5. The van der Waals surface area contributed by atoms with Crippen molar-refractivity contribution in [2.45, 2.75) is 65.5 Å². The Kier molecular flexibility index (Phi) is 9.48. The summed E-state index contributed by atoms with van der Waals surface area (Å²) < 4.78 is 0. The van der Waals surface area contributed by atoms with Crippen LogP contribution in [-0.4, -0.2) is 61.6 Å². The molecule has 0 spiro atoms. The number of piperidine rings is 1. The average Bonchev–Trinajstić information content (AvgIpc) is 3.39. The first-order valence-corrected chi connectivity index (χ1v) is 9.53. The average molecular weight is 465 g/mol. The van der Waals surface area contributed by atoms with Gasteiger partial charge in [-0.25, -0.2) is 0 Å². The van der Waals surface area contributed by atoms with E-state index >= 15 is 0 Å². The third-order valence-electron chi connectivity index (χ3n) is 4.86. The Morgan fingerprint density at radius 3 is 2.20 bits per heavy atom.